The molecule has 0 saturated heterocycles. The topological polar surface area (TPSA) is 42.2 Å². The largest absolute Gasteiger partial charge is 0.440 e. The summed E-state index contributed by atoms with van der Waals surface area (Å²) in [4.78, 5) is 11.6. The third-order valence-electron chi connectivity index (χ3n) is 3.27. The maximum atomic E-state index is 11.6. The molecule has 0 bridgehead atoms. The summed E-state index contributed by atoms with van der Waals surface area (Å²) >= 11 is 5.59. The lowest BCUT2D eigenvalue weighted by molar-refractivity contribution is 0.0780. The fourth-order valence-electron chi connectivity index (χ4n) is 1.90. The zero-order valence-corrected chi connectivity index (χ0v) is 9.54. The Labute approximate surface area is 93.8 Å². The summed E-state index contributed by atoms with van der Waals surface area (Å²) in [6, 6.07) is 3.43. The molecule has 1 N–H and O–H groups in total. The summed E-state index contributed by atoms with van der Waals surface area (Å²) in [5, 5.41) is 3.18. The zero-order valence-electron chi connectivity index (χ0n) is 8.79. The van der Waals surface area contributed by atoms with Gasteiger partial charge in [0.1, 0.15) is 0 Å². The van der Waals surface area contributed by atoms with E-state index in [1.165, 1.54) is 0 Å². The number of nitrogens with one attached hydrogen (secondary N) is 1. The highest BCUT2D eigenvalue weighted by Gasteiger charge is 2.35. The van der Waals surface area contributed by atoms with Crippen LogP contribution in [-0.4, -0.2) is 11.9 Å². The number of hydrogen-bond donors (Lipinski definition) is 1. The van der Waals surface area contributed by atoms with E-state index in [1.807, 2.05) is 0 Å². The monoisotopic (exact) mass is 227 g/mol. The second-order valence-corrected chi connectivity index (χ2v) is 4.63. The van der Waals surface area contributed by atoms with Gasteiger partial charge in [0, 0.05) is 6.04 Å². The third kappa shape index (κ3) is 2.02. The fraction of sp³-hybridized carbons (Fsp3) is 0.545. The molecule has 1 saturated carbocycles. The quantitative estimate of drug-likeness (QED) is 0.844. The summed E-state index contributed by atoms with van der Waals surface area (Å²) in [6.07, 6.45) is 1.04. The van der Waals surface area contributed by atoms with E-state index in [4.69, 9.17) is 16.0 Å². The standard InChI is InChI=1S/C11H14ClNO2/c1-6-5-8(7(6)2)13-11(14)9-3-4-10(12)15-9/h3-4,6-8H,5H2,1-2H3,(H,13,14). The van der Waals surface area contributed by atoms with E-state index in [1.54, 1.807) is 12.1 Å². The lowest BCUT2D eigenvalue weighted by Gasteiger charge is -2.40. The van der Waals surface area contributed by atoms with Crippen LogP contribution in [0.15, 0.2) is 16.5 Å². The van der Waals surface area contributed by atoms with Gasteiger partial charge in [-0.15, -0.1) is 0 Å². The first-order chi connectivity index (χ1) is 7.08. The number of amides is 1. The normalized spacial score (nSPS) is 29.7. The average Bonchev–Trinajstić information content (AvgIpc) is 2.64. The van der Waals surface area contributed by atoms with Crippen LogP contribution < -0.4 is 5.32 Å². The predicted octanol–water partition coefficient (Wildman–Crippen LogP) is 2.71. The number of furan rings is 1. The van der Waals surface area contributed by atoms with Crippen LogP contribution in [0.25, 0.3) is 0 Å². The van der Waals surface area contributed by atoms with Crippen molar-refractivity contribution in [2.24, 2.45) is 11.8 Å². The molecule has 0 radical (unpaired) electrons. The van der Waals surface area contributed by atoms with Crippen LogP contribution in [0, 0.1) is 11.8 Å². The van der Waals surface area contributed by atoms with Crippen molar-refractivity contribution < 1.29 is 9.21 Å². The molecule has 1 aromatic heterocycles. The van der Waals surface area contributed by atoms with Crippen LogP contribution in [0.5, 0.6) is 0 Å². The molecule has 4 heteroatoms. The van der Waals surface area contributed by atoms with Gasteiger partial charge in [0.2, 0.25) is 0 Å². The summed E-state index contributed by atoms with van der Waals surface area (Å²) < 4.78 is 5.03. The van der Waals surface area contributed by atoms with Crippen molar-refractivity contribution in [2.75, 3.05) is 0 Å². The van der Waals surface area contributed by atoms with Gasteiger partial charge < -0.3 is 9.73 Å². The van der Waals surface area contributed by atoms with E-state index < -0.39 is 0 Å². The Kier molecular flexibility index (Phi) is 2.74. The van der Waals surface area contributed by atoms with Crippen LogP contribution in [0.1, 0.15) is 30.8 Å². The third-order valence-corrected chi connectivity index (χ3v) is 3.47. The summed E-state index contributed by atoms with van der Waals surface area (Å²) in [7, 11) is 0. The Hall–Kier alpha value is -0.960. The van der Waals surface area contributed by atoms with Crippen molar-refractivity contribution in [1.29, 1.82) is 0 Å². The van der Waals surface area contributed by atoms with Crippen LogP contribution >= 0.6 is 11.6 Å². The number of rotatable bonds is 2. The van der Waals surface area contributed by atoms with Gasteiger partial charge in [-0.2, -0.15) is 0 Å². The van der Waals surface area contributed by atoms with Crippen molar-refractivity contribution in [3.63, 3.8) is 0 Å². The van der Waals surface area contributed by atoms with E-state index in [0.29, 0.717) is 11.8 Å². The average molecular weight is 228 g/mol. The molecule has 1 heterocycles. The van der Waals surface area contributed by atoms with E-state index >= 15 is 0 Å². The van der Waals surface area contributed by atoms with Crippen molar-refractivity contribution >= 4 is 17.5 Å². The van der Waals surface area contributed by atoms with Gasteiger partial charge >= 0.3 is 0 Å². The van der Waals surface area contributed by atoms with Gasteiger partial charge in [-0.3, -0.25) is 4.79 Å². The molecular weight excluding hydrogens is 214 g/mol. The molecule has 1 fully saturated rings. The minimum Gasteiger partial charge on any atom is -0.440 e. The number of carbonyl (C=O) groups is 1. The second-order valence-electron chi connectivity index (χ2n) is 4.26. The lowest BCUT2D eigenvalue weighted by atomic mass is 9.71. The van der Waals surface area contributed by atoms with Crippen LogP contribution in [0.4, 0.5) is 0 Å². The van der Waals surface area contributed by atoms with Gasteiger partial charge in [0.15, 0.2) is 11.0 Å². The van der Waals surface area contributed by atoms with Crippen molar-refractivity contribution in [2.45, 2.75) is 26.3 Å². The van der Waals surface area contributed by atoms with Crippen molar-refractivity contribution in [3.8, 4) is 0 Å². The van der Waals surface area contributed by atoms with E-state index in [9.17, 15) is 4.79 Å². The fourth-order valence-corrected chi connectivity index (χ4v) is 2.04. The molecule has 1 aliphatic rings. The van der Waals surface area contributed by atoms with Gasteiger partial charge in [0.25, 0.3) is 5.91 Å². The summed E-state index contributed by atoms with van der Waals surface area (Å²) in [6.45, 7) is 4.34. The zero-order chi connectivity index (χ0) is 11.0. The SMILES string of the molecule is CC1CC(NC(=O)c2ccc(Cl)o2)C1C. The smallest absolute Gasteiger partial charge is 0.287 e. The van der Waals surface area contributed by atoms with Crippen LogP contribution in [-0.2, 0) is 0 Å². The molecule has 0 spiro atoms. The van der Waals surface area contributed by atoms with Gasteiger partial charge in [-0.25, -0.2) is 0 Å². The molecule has 1 aliphatic carbocycles. The predicted molar refractivity (Wildman–Crippen MR) is 57.9 cm³/mol. The first kappa shape index (κ1) is 10.6. The molecule has 0 aliphatic heterocycles. The summed E-state index contributed by atoms with van der Waals surface area (Å²) in [5.41, 5.74) is 0. The molecule has 0 aromatic carbocycles. The molecule has 15 heavy (non-hydrogen) atoms. The number of carbonyl (C=O) groups excluding carboxylic acids is 1. The highest BCUT2D eigenvalue weighted by atomic mass is 35.5. The van der Waals surface area contributed by atoms with Crippen molar-refractivity contribution in [3.05, 3.63) is 23.1 Å². The lowest BCUT2D eigenvalue weighted by Crippen LogP contribution is -2.50. The van der Waals surface area contributed by atoms with Crippen LogP contribution in [0.2, 0.25) is 5.22 Å². The Bertz CT molecular complexity index is 374. The minimum atomic E-state index is -0.175. The van der Waals surface area contributed by atoms with E-state index in [2.05, 4.69) is 19.2 Å². The maximum Gasteiger partial charge on any atom is 0.287 e. The Balaban J connectivity index is 1.93. The van der Waals surface area contributed by atoms with E-state index in [-0.39, 0.29) is 22.9 Å². The van der Waals surface area contributed by atoms with E-state index in [0.717, 1.165) is 6.42 Å². The summed E-state index contributed by atoms with van der Waals surface area (Å²) in [5.74, 6) is 1.34. The van der Waals surface area contributed by atoms with Gasteiger partial charge in [0.05, 0.1) is 0 Å². The van der Waals surface area contributed by atoms with Crippen molar-refractivity contribution in [1.82, 2.24) is 5.32 Å². The molecule has 3 nitrogen and oxygen atoms in total. The van der Waals surface area contributed by atoms with Gasteiger partial charge in [-0.1, -0.05) is 13.8 Å². The van der Waals surface area contributed by atoms with Gasteiger partial charge in [-0.05, 0) is 42.0 Å². The highest BCUT2D eigenvalue weighted by Crippen LogP contribution is 2.33. The molecule has 1 amide bonds. The minimum absolute atomic E-state index is 0.175. The molecule has 2 rings (SSSR count). The second kappa shape index (κ2) is 3.89. The Morgan fingerprint density at radius 3 is 2.73 bits per heavy atom. The first-order valence-corrected chi connectivity index (χ1v) is 5.52. The number of halogens is 1. The maximum absolute atomic E-state index is 11.6. The molecule has 3 unspecified atom stereocenters. The highest BCUT2D eigenvalue weighted by molar-refractivity contribution is 6.29. The number of hydrogen-bond acceptors (Lipinski definition) is 2. The Morgan fingerprint density at radius 1 is 1.53 bits per heavy atom. The Morgan fingerprint density at radius 2 is 2.27 bits per heavy atom. The molecule has 82 valence electrons. The molecule has 3 atom stereocenters. The molecular formula is C11H14ClNO2. The molecule has 1 aromatic rings. The first-order valence-electron chi connectivity index (χ1n) is 5.14. The van der Waals surface area contributed by atoms with Crippen LogP contribution in [0.3, 0.4) is 0 Å².